The summed E-state index contributed by atoms with van der Waals surface area (Å²) >= 11 is 0. The number of nitrogens with zero attached hydrogens (tertiary/aromatic N) is 2. The van der Waals surface area contributed by atoms with Crippen LogP contribution >= 0.6 is 0 Å². The van der Waals surface area contributed by atoms with Gasteiger partial charge in [-0.05, 0) is 44.0 Å². The molecule has 0 radical (unpaired) electrons. The van der Waals surface area contributed by atoms with Crippen LogP contribution in [0.4, 0.5) is 4.79 Å². The second-order valence-corrected chi connectivity index (χ2v) is 9.59. The molecule has 7 nitrogen and oxygen atoms in total. The van der Waals surface area contributed by atoms with E-state index in [1.807, 2.05) is 79.7 Å². The van der Waals surface area contributed by atoms with E-state index in [1.54, 1.807) is 4.90 Å². The molecule has 1 atom stereocenters. The summed E-state index contributed by atoms with van der Waals surface area (Å²) in [6, 6.07) is 19.6. The van der Waals surface area contributed by atoms with Gasteiger partial charge >= 0.3 is 6.03 Å². The maximum Gasteiger partial charge on any atom is 0.318 e. The number of likely N-dealkylation sites (N-methyl/N-ethyl adjacent to an activating group) is 1. The van der Waals surface area contributed by atoms with Gasteiger partial charge in [0.05, 0.1) is 19.3 Å². The number of urea groups is 1. The summed E-state index contributed by atoms with van der Waals surface area (Å²) in [5, 5.41) is 6.03. The zero-order valence-electron chi connectivity index (χ0n) is 21.7. The second kappa shape index (κ2) is 15.9. The number of hydrogen-bond donors (Lipinski definition) is 2. The molecule has 0 fully saturated rings. The fourth-order valence-corrected chi connectivity index (χ4v) is 3.52. The van der Waals surface area contributed by atoms with E-state index < -0.39 is 0 Å². The van der Waals surface area contributed by atoms with Gasteiger partial charge in [0.2, 0.25) is 5.91 Å². The highest BCUT2D eigenvalue weighted by Gasteiger charge is 2.21. The predicted octanol–water partition coefficient (Wildman–Crippen LogP) is 3.55. The Balaban J connectivity index is 2.01. The van der Waals surface area contributed by atoms with Crippen molar-refractivity contribution < 1.29 is 14.3 Å². The van der Waals surface area contributed by atoms with E-state index in [-0.39, 0.29) is 24.5 Å². The summed E-state index contributed by atoms with van der Waals surface area (Å²) in [6.45, 7) is 6.95. The van der Waals surface area contributed by atoms with E-state index in [1.165, 1.54) is 0 Å². The first-order valence-electron chi connectivity index (χ1n) is 12.5. The molecule has 0 aromatic heterocycles. The molecule has 0 bridgehead atoms. The van der Waals surface area contributed by atoms with Crippen LogP contribution in [-0.4, -0.2) is 74.7 Å². The van der Waals surface area contributed by atoms with Gasteiger partial charge in [-0.3, -0.25) is 4.79 Å². The SMILES string of the molecule is CC(C)CCN(CC(=O)NCCN(C)C)C(=O)N[C@H](COCc1ccccc1)Cc1ccccc1. The van der Waals surface area contributed by atoms with Crippen LogP contribution in [-0.2, 0) is 22.6 Å². The van der Waals surface area contributed by atoms with Gasteiger partial charge in [-0.1, -0.05) is 74.5 Å². The lowest BCUT2D eigenvalue weighted by Gasteiger charge is -2.27. The molecule has 0 aliphatic carbocycles. The minimum absolute atomic E-state index is 0.0366. The average molecular weight is 483 g/mol. The topological polar surface area (TPSA) is 73.9 Å². The van der Waals surface area contributed by atoms with E-state index in [0.29, 0.717) is 38.6 Å². The summed E-state index contributed by atoms with van der Waals surface area (Å²) in [7, 11) is 3.92. The van der Waals surface area contributed by atoms with Gasteiger partial charge in [0.25, 0.3) is 0 Å². The standard InChI is InChI=1S/C28H42N4O3/c1-23(2)15-17-32(20-27(33)29-16-18-31(3)4)28(34)30-26(19-24-11-7-5-8-12-24)22-35-21-25-13-9-6-10-14-25/h5-14,23,26H,15-22H2,1-4H3,(H,29,33)(H,30,34)/t26-/m0/s1. The fraction of sp³-hybridized carbons (Fsp3) is 0.500. The van der Waals surface area contributed by atoms with Crippen molar-refractivity contribution >= 4 is 11.9 Å². The molecule has 2 aromatic rings. The number of benzene rings is 2. The largest absolute Gasteiger partial charge is 0.375 e. The van der Waals surface area contributed by atoms with E-state index in [0.717, 1.165) is 24.1 Å². The van der Waals surface area contributed by atoms with Crippen molar-refractivity contribution in [2.24, 2.45) is 5.92 Å². The van der Waals surface area contributed by atoms with Gasteiger partial charge in [-0.2, -0.15) is 0 Å². The summed E-state index contributed by atoms with van der Waals surface area (Å²) in [6.07, 6.45) is 1.47. The summed E-state index contributed by atoms with van der Waals surface area (Å²) in [5.74, 6) is 0.280. The van der Waals surface area contributed by atoms with Crippen LogP contribution in [0.3, 0.4) is 0 Å². The Kier molecular flexibility index (Phi) is 12.9. The number of carbonyl (C=O) groups excluding carboxylic acids is 2. The molecule has 0 heterocycles. The lowest BCUT2D eigenvalue weighted by Crippen LogP contribution is -2.51. The monoisotopic (exact) mass is 482 g/mol. The van der Waals surface area contributed by atoms with Crippen molar-refractivity contribution in [1.29, 1.82) is 0 Å². The second-order valence-electron chi connectivity index (χ2n) is 9.59. The maximum atomic E-state index is 13.3. The number of nitrogens with one attached hydrogen (secondary N) is 2. The molecular weight excluding hydrogens is 440 g/mol. The van der Waals surface area contributed by atoms with Gasteiger partial charge < -0.3 is 25.2 Å². The summed E-state index contributed by atoms with van der Waals surface area (Å²) < 4.78 is 5.97. The van der Waals surface area contributed by atoms with Gasteiger partial charge in [-0.15, -0.1) is 0 Å². The lowest BCUT2D eigenvalue weighted by molar-refractivity contribution is -0.121. The van der Waals surface area contributed by atoms with Gasteiger partial charge in [0.1, 0.15) is 6.54 Å². The lowest BCUT2D eigenvalue weighted by atomic mass is 10.1. The summed E-state index contributed by atoms with van der Waals surface area (Å²) in [4.78, 5) is 29.4. The van der Waals surface area contributed by atoms with Crippen molar-refractivity contribution in [3.8, 4) is 0 Å². The highest BCUT2D eigenvalue weighted by atomic mass is 16.5. The molecular formula is C28H42N4O3. The Labute approximate surface area is 210 Å². The highest BCUT2D eigenvalue weighted by Crippen LogP contribution is 2.08. The number of ether oxygens (including phenoxy) is 1. The molecule has 0 saturated carbocycles. The molecule has 0 aliphatic heterocycles. The third-order valence-corrected chi connectivity index (χ3v) is 5.56. The van der Waals surface area contributed by atoms with Crippen LogP contribution in [0.15, 0.2) is 60.7 Å². The van der Waals surface area contributed by atoms with Crippen LogP contribution < -0.4 is 10.6 Å². The smallest absolute Gasteiger partial charge is 0.318 e. The van der Waals surface area contributed by atoms with Crippen molar-refractivity contribution in [3.05, 3.63) is 71.8 Å². The van der Waals surface area contributed by atoms with Gasteiger partial charge in [0, 0.05) is 19.6 Å². The van der Waals surface area contributed by atoms with Gasteiger partial charge in [0.15, 0.2) is 0 Å². The molecule has 2 rings (SSSR count). The minimum Gasteiger partial charge on any atom is -0.375 e. The molecule has 0 aliphatic rings. The van der Waals surface area contributed by atoms with E-state index in [4.69, 9.17) is 4.74 Å². The molecule has 0 saturated heterocycles. The van der Waals surface area contributed by atoms with Crippen LogP contribution in [0, 0.1) is 5.92 Å². The average Bonchev–Trinajstić information content (AvgIpc) is 2.82. The molecule has 0 spiro atoms. The molecule has 0 unspecified atom stereocenters. The zero-order valence-corrected chi connectivity index (χ0v) is 21.7. The maximum absolute atomic E-state index is 13.3. The van der Waals surface area contributed by atoms with E-state index >= 15 is 0 Å². The number of hydrogen-bond acceptors (Lipinski definition) is 4. The minimum atomic E-state index is -0.238. The third kappa shape index (κ3) is 12.4. The Bertz CT molecular complexity index is 859. The quantitative estimate of drug-likeness (QED) is 0.407. The molecule has 2 N–H and O–H groups in total. The Morgan fingerprint density at radius 1 is 0.914 bits per heavy atom. The Morgan fingerprint density at radius 3 is 2.14 bits per heavy atom. The Hall–Kier alpha value is -2.90. The molecule has 3 amide bonds. The number of carbonyl (C=O) groups is 2. The number of amides is 3. The third-order valence-electron chi connectivity index (χ3n) is 5.56. The van der Waals surface area contributed by atoms with Crippen molar-refractivity contribution in [3.63, 3.8) is 0 Å². The Morgan fingerprint density at radius 2 is 1.54 bits per heavy atom. The van der Waals surface area contributed by atoms with Crippen molar-refractivity contribution in [1.82, 2.24) is 20.4 Å². The van der Waals surface area contributed by atoms with Crippen LogP contribution in [0.25, 0.3) is 0 Å². The predicted molar refractivity (Wildman–Crippen MR) is 141 cm³/mol. The van der Waals surface area contributed by atoms with Crippen molar-refractivity contribution in [2.75, 3.05) is 46.9 Å². The molecule has 2 aromatic carbocycles. The highest BCUT2D eigenvalue weighted by molar-refractivity contribution is 5.84. The van der Waals surface area contributed by atoms with Crippen LogP contribution in [0.5, 0.6) is 0 Å². The van der Waals surface area contributed by atoms with Gasteiger partial charge in [-0.25, -0.2) is 4.79 Å². The fourth-order valence-electron chi connectivity index (χ4n) is 3.52. The first-order valence-corrected chi connectivity index (χ1v) is 12.5. The zero-order chi connectivity index (χ0) is 25.5. The summed E-state index contributed by atoms with van der Waals surface area (Å²) in [5.41, 5.74) is 2.21. The van der Waals surface area contributed by atoms with Crippen LogP contribution in [0.2, 0.25) is 0 Å². The van der Waals surface area contributed by atoms with Crippen molar-refractivity contribution in [2.45, 2.75) is 39.3 Å². The first kappa shape index (κ1) is 28.3. The van der Waals surface area contributed by atoms with Crippen LogP contribution in [0.1, 0.15) is 31.4 Å². The van der Waals surface area contributed by atoms with E-state index in [2.05, 4.69) is 24.5 Å². The molecule has 192 valence electrons. The molecule has 35 heavy (non-hydrogen) atoms. The normalized spacial score (nSPS) is 11.9. The number of rotatable bonds is 15. The molecule has 7 heteroatoms. The first-order chi connectivity index (χ1) is 16.8. The van der Waals surface area contributed by atoms with E-state index in [9.17, 15) is 9.59 Å².